The summed E-state index contributed by atoms with van der Waals surface area (Å²) in [6, 6.07) is 6.59. The van der Waals surface area contributed by atoms with E-state index in [2.05, 4.69) is 9.97 Å². The lowest BCUT2D eigenvalue weighted by Gasteiger charge is -2.11. The van der Waals surface area contributed by atoms with Crippen LogP contribution < -0.4 is 0 Å². The zero-order chi connectivity index (χ0) is 12.0. The van der Waals surface area contributed by atoms with Crippen LogP contribution in [-0.4, -0.2) is 9.97 Å². The summed E-state index contributed by atoms with van der Waals surface area (Å²) in [7, 11) is 0. The van der Waals surface area contributed by atoms with Gasteiger partial charge in [0.05, 0.1) is 5.52 Å². The van der Waals surface area contributed by atoms with Crippen molar-refractivity contribution in [2.75, 3.05) is 0 Å². The first kappa shape index (κ1) is 10.1. The zero-order valence-electron chi connectivity index (χ0n) is 8.55. The number of alkyl halides is 3. The van der Waals surface area contributed by atoms with Gasteiger partial charge < -0.3 is 4.98 Å². The first-order valence-corrected chi connectivity index (χ1v) is 4.99. The second-order valence-electron chi connectivity index (χ2n) is 3.76. The van der Waals surface area contributed by atoms with E-state index >= 15 is 0 Å². The molecule has 0 bridgehead atoms. The number of aromatic nitrogens is 2. The lowest BCUT2D eigenvalue weighted by molar-refractivity contribution is -0.139. The molecule has 3 rings (SSSR count). The Labute approximate surface area is 94.1 Å². The van der Waals surface area contributed by atoms with Gasteiger partial charge in [-0.3, -0.25) is 4.98 Å². The molecule has 1 aromatic carbocycles. The SMILES string of the molecule is FC(F)(F)c1[nH]ccc2ccc3nccc3c12. The molecule has 17 heavy (non-hydrogen) atoms. The average Bonchev–Trinajstić information content (AvgIpc) is 2.75. The summed E-state index contributed by atoms with van der Waals surface area (Å²) in [4.78, 5) is 6.29. The van der Waals surface area contributed by atoms with Crippen LogP contribution in [0.25, 0.3) is 21.7 Å². The summed E-state index contributed by atoms with van der Waals surface area (Å²) in [5.74, 6) is 0. The molecule has 0 fully saturated rings. The van der Waals surface area contributed by atoms with Crippen molar-refractivity contribution < 1.29 is 13.2 Å². The minimum absolute atomic E-state index is 0.176. The molecule has 2 aromatic heterocycles. The van der Waals surface area contributed by atoms with Crippen LogP contribution in [0.5, 0.6) is 0 Å². The van der Waals surface area contributed by atoms with Crippen LogP contribution in [0.15, 0.2) is 36.7 Å². The van der Waals surface area contributed by atoms with Crippen molar-refractivity contribution in [3.05, 3.63) is 42.4 Å². The van der Waals surface area contributed by atoms with Gasteiger partial charge in [-0.2, -0.15) is 13.2 Å². The van der Waals surface area contributed by atoms with Crippen molar-refractivity contribution in [3.8, 4) is 0 Å². The van der Waals surface area contributed by atoms with Crippen LogP contribution in [0.2, 0.25) is 0 Å². The summed E-state index contributed by atoms with van der Waals surface area (Å²) in [6.45, 7) is 0. The Morgan fingerprint density at radius 1 is 1.06 bits per heavy atom. The third-order valence-electron chi connectivity index (χ3n) is 2.73. The second-order valence-corrected chi connectivity index (χ2v) is 3.76. The molecule has 1 N–H and O–H groups in total. The van der Waals surface area contributed by atoms with Gasteiger partial charge >= 0.3 is 6.18 Å². The molecule has 0 aliphatic heterocycles. The molecule has 5 heteroatoms. The highest BCUT2D eigenvalue weighted by atomic mass is 19.4. The summed E-state index contributed by atoms with van der Waals surface area (Å²) >= 11 is 0. The first-order valence-electron chi connectivity index (χ1n) is 4.99. The number of hydrogen-bond donors (Lipinski definition) is 1. The monoisotopic (exact) mass is 236 g/mol. The van der Waals surface area contributed by atoms with Gasteiger partial charge in [0.15, 0.2) is 0 Å². The van der Waals surface area contributed by atoms with E-state index < -0.39 is 11.9 Å². The Morgan fingerprint density at radius 2 is 1.88 bits per heavy atom. The Kier molecular flexibility index (Phi) is 1.92. The van der Waals surface area contributed by atoms with Gasteiger partial charge in [-0.1, -0.05) is 6.07 Å². The molecule has 0 aliphatic carbocycles. The first-order chi connectivity index (χ1) is 8.07. The summed E-state index contributed by atoms with van der Waals surface area (Å²) in [6.07, 6.45) is -1.59. The highest BCUT2D eigenvalue weighted by molar-refractivity contribution is 6.07. The third-order valence-corrected chi connectivity index (χ3v) is 2.73. The lowest BCUT2D eigenvalue weighted by atomic mass is 10.1. The summed E-state index contributed by atoms with van der Waals surface area (Å²) < 4.78 is 38.7. The molecule has 3 aromatic rings. The maximum Gasteiger partial charge on any atom is 0.431 e. The molecule has 0 spiro atoms. The fourth-order valence-electron chi connectivity index (χ4n) is 2.03. The summed E-state index contributed by atoms with van der Waals surface area (Å²) in [5, 5.41) is 1.25. The Balaban J connectivity index is 2.54. The van der Waals surface area contributed by atoms with Gasteiger partial charge in [0.1, 0.15) is 5.69 Å². The van der Waals surface area contributed by atoms with E-state index in [1.807, 2.05) is 0 Å². The predicted octanol–water partition coefficient (Wildman–Crippen LogP) is 3.73. The molecule has 0 radical (unpaired) electrons. The molecule has 0 unspecified atom stereocenters. The number of aromatic amines is 1. The average molecular weight is 236 g/mol. The van der Waals surface area contributed by atoms with Gasteiger partial charge in [-0.05, 0) is 23.6 Å². The van der Waals surface area contributed by atoms with E-state index in [0.717, 1.165) is 0 Å². The maximum absolute atomic E-state index is 12.9. The maximum atomic E-state index is 12.9. The van der Waals surface area contributed by atoms with E-state index in [0.29, 0.717) is 16.3 Å². The van der Waals surface area contributed by atoms with E-state index in [1.165, 1.54) is 12.4 Å². The Morgan fingerprint density at radius 3 is 2.65 bits per heavy atom. The van der Waals surface area contributed by atoms with Crippen molar-refractivity contribution >= 4 is 21.7 Å². The number of pyridine rings is 1. The normalized spacial score (nSPS) is 12.4. The number of H-pyrrole nitrogens is 1. The van der Waals surface area contributed by atoms with Gasteiger partial charge in [0, 0.05) is 23.2 Å². The largest absolute Gasteiger partial charge is 0.431 e. The van der Waals surface area contributed by atoms with E-state index in [-0.39, 0.29) is 5.39 Å². The third kappa shape index (κ3) is 1.46. The Hall–Kier alpha value is -2.04. The molecule has 0 atom stereocenters. The molecule has 2 nitrogen and oxygen atoms in total. The molecule has 2 heterocycles. The molecule has 0 amide bonds. The van der Waals surface area contributed by atoms with E-state index in [1.54, 1.807) is 24.3 Å². The minimum atomic E-state index is -4.40. The molecular formula is C12H7F3N2. The van der Waals surface area contributed by atoms with Crippen LogP contribution in [-0.2, 0) is 6.18 Å². The van der Waals surface area contributed by atoms with Crippen LogP contribution in [0.3, 0.4) is 0 Å². The van der Waals surface area contributed by atoms with Crippen molar-refractivity contribution in [2.45, 2.75) is 6.18 Å². The standard InChI is InChI=1S/C12H7F3N2/c13-12(14,15)11-10-7(3-5-17-11)1-2-9-8(10)4-6-16-9/h1-6,17H. The van der Waals surface area contributed by atoms with Gasteiger partial charge in [-0.15, -0.1) is 0 Å². The highest BCUT2D eigenvalue weighted by Crippen LogP contribution is 2.36. The highest BCUT2D eigenvalue weighted by Gasteiger charge is 2.34. The number of halogens is 3. The zero-order valence-corrected chi connectivity index (χ0v) is 8.55. The lowest BCUT2D eigenvalue weighted by Crippen LogP contribution is -2.08. The second kappa shape index (κ2) is 3.23. The van der Waals surface area contributed by atoms with Crippen LogP contribution in [0.1, 0.15) is 5.69 Å². The number of nitrogens with zero attached hydrogens (tertiary/aromatic N) is 1. The van der Waals surface area contributed by atoms with Crippen molar-refractivity contribution in [1.29, 1.82) is 0 Å². The number of benzene rings is 1. The molecule has 0 saturated heterocycles. The predicted molar refractivity (Wildman–Crippen MR) is 58.6 cm³/mol. The number of fused-ring (bicyclic) bond motifs is 3. The van der Waals surface area contributed by atoms with Gasteiger partial charge in [-0.25, -0.2) is 0 Å². The van der Waals surface area contributed by atoms with Crippen LogP contribution in [0, 0.1) is 0 Å². The van der Waals surface area contributed by atoms with Crippen molar-refractivity contribution in [3.63, 3.8) is 0 Å². The quantitative estimate of drug-likeness (QED) is 0.632. The van der Waals surface area contributed by atoms with Crippen molar-refractivity contribution in [2.24, 2.45) is 0 Å². The molecule has 0 saturated carbocycles. The van der Waals surface area contributed by atoms with Crippen LogP contribution in [0.4, 0.5) is 13.2 Å². The Bertz CT molecular complexity index is 698. The van der Waals surface area contributed by atoms with Crippen molar-refractivity contribution in [1.82, 2.24) is 9.97 Å². The topological polar surface area (TPSA) is 28.7 Å². The summed E-state index contributed by atoms with van der Waals surface area (Å²) in [5.41, 5.74) is -0.156. The molecule has 86 valence electrons. The van der Waals surface area contributed by atoms with Crippen LogP contribution >= 0.6 is 0 Å². The fraction of sp³-hybridized carbons (Fsp3) is 0.0833. The molecule has 0 aliphatic rings. The molecular weight excluding hydrogens is 229 g/mol. The van der Waals surface area contributed by atoms with Gasteiger partial charge in [0.2, 0.25) is 0 Å². The number of hydrogen-bond acceptors (Lipinski definition) is 1. The fourth-order valence-corrected chi connectivity index (χ4v) is 2.03. The van der Waals surface area contributed by atoms with Gasteiger partial charge in [0.25, 0.3) is 0 Å². The van der Waals surface area contributed by atoms with E-state index in [9.17, 15) is 13.2 Å². The minimum Gasteiger partial charge on any atom is -0.357 e. The van der Waals surface area contributed by atoms with E-state index in [4.69, 9.17) is 0 Å². The smallest absolute Gasteiger partial charge is 0.357 e. The number of nitrogens with one attached hydrogen (secondary N) is 1. The number of rotatable bonds is 0.